The zero-order valence-corrected chi connectivity index (χ0v) is 15.5. The summed E-state index contributed by atoms with van der Waals surface area (Å²) in [5, 5.41) is 23.1. The molecule has 0 saturated heterocycles. The smallest absolute Gasteiger partial charge is 0.290 e. The van der Waals surface area contributed by atoms with E-state index in [1.165, 1.54) is 23.3 Å². The number of rotatable bonds is 6. The van der Waals surface area contributed by atoms with Crippen LogP contribution in [0.3, 0.4) is 0 Å². The second-order valence-corrected chi connectivity index (χ2v) is 7.75. The van der Waals surface area contributed by atoms with E-state index in [1.54, 1.807) is 18.2 Å². The molecule has 4 rings (SSSR count). The number of ketones is 1. The van der Waals surface area contributed by atoms with Crippen LogP contribution in [-0.4, -0.2) is 33.9 Å². The highest BCUT2D eigenvalue weighted by atomic mass is 32.1. The molecule has 2 N–H and O–H groups in total. The molecule has 1 unspecified atom stereocenters. The van der Waals surface area contributed by atoms with Crippen LogP contribution in [0.5, 0.6) is 11.5 Å². The number of methoxy groups -OCH3 is 1. The number of aliphatic hydroxyl groups is 1. The monoisotopic (exact) mass is 385 g/mol. The van der Waals surface area contributed by atoms with Crippen LogP contribution < -0.4 is 4.74 Å². The van der Waals surface area contributed by atoms with Crippen molar-refractivity contribution in [1.29, 1.82) is 0 Å². The van der Waals surface area contributed by atoms with Gasteiger partial charge in [-0.1, -0.05) is 18.2 Å². The van der Waals surface area contributed by atoms with E-state index in [0.29, 0.717) is 5.56 Å². The number of nitrogens with zero attached hydrogens (tertiary/aromatic N) is 1. The molecule has 6 nitrogen and oxygen atoms in total. The number of carbonyl (C=O) groups is 2. The van der Waals surface area contributed by atoms with Crippen LogP contribution in [0.4, 0.5) is 0 Å². The standard InChI is InChI=1S/C20H19NO5S/c1-26-14-6-2-5-13(18(14)23)16-15(17(22)11-7-8-11)19(24)20(25)21(16)10-12-4-3-9-27-12/h2-6,9,11,16,23-24H,7-8,10H2,1H3. The lowest BCUT2D eigenvalue weighted by Gasteiger charge is -2.27. The summed E-state index contributed by atoms with van der Waals surface area (Å²) < 4.78 is 5.18. The second kappa shape index (κ2) is 6.74. The SMILES string of the molecule is COc1cccc(C2C(C(=O)C3CC3)=C(O)C(=O)N2Cc2cccs2)c1O. The number of carbonyl (C=O) groups excluding carboxylic acids is 2. The van der Waals surface area contributed by atoms with E-state index in [9.17, 15) is 19.8 Å². The van der Waals surface area contributed by atoms with Gasteiger partial charge in [-0.2, -0.15) is 0 Å². The zero-order valence-electron chi connectivity index (χ0n) is 14.7. The number of Topliss-reactive ketones (excluding diaryl/α,β-unsaturated/α-hetero) is 1. The first-order valence-corrected chi connectivity index (χ1v) is 9.57. The molecule has 1 aliphatic heterocycles. The normalized spacial score (nSPS) is 19.7. The van der Waals surface area contributed by atoms with Crippen molar-refractivity contribution in [2.24, 2.45) is 5.92 Å². The largest absolute Gasteiger partial charge is 0.504 e. The fourth-order valence-corrected chi connectivity index (χ4v) is 4.15. The van der Waals surface area contributed by atoms with Gasteiger partial charge in [-0.05, 0) is 30.4 Å². The molecule has 140 valence electrons. The Labute approximate surface area is 160 Å². The predicted octanol–water partition coefficient (Wildman–Crippen LogP) is 3.34. The minimum atomic E-state index is -0.845. The molecule has 1 atom stereocenters. The molecule has 2 heterocycles. The van der Waals surface area contributed by atoms with E-state index >= 15 is 0 Å². The summed E-state index contributed by atoms with van der Waals surface area (Å²) in [5.74, 6) is -1.38. The van der Waals surface area contributed by atoms with E-state index in [2.05, 4.69) is 0 Å². The maximum atomic E-state index is 12.9. The molecule has 1 fully saturated rings. The number of hydrogen-bond acceptors (Lipinski definition) is 6. The number of amides is 1. The van der Waals surface area contributed by atoms with Crippen molar-refractivity contribution in [2.45, 2.75) is 25.4 Å². The Bertz CT molecular complexity index is 930. The minimum absolute atomic E-state index is 0.0719. The average Bonchev–Trinajstić information content (AvgIpc) is 3.34. The topological polar surface area (TPSA) is 87.1 Å². The van der Waals surface area contributed by atoms with Crippen LogP contribution >= 0.6 is 11.3 Å². The molecular formula is C20H19NO5S. The van der Waals surface area contributed by atoms with Crippen LogP contribution in [0.1, 0.15) is 29.3 Å². The highest BCUT2D eigenvalue weighted by molar-refractivity contribution is 7.09. The maximum Gasteiger partial charge on any atom is 0.290 e. The van der Waals surface area contributed by atoms with Crippen molar-refractivity contribution >= 4 is 23.0 Å². The third-order valence-corrected chi connectivity index (χ3v) is 5.83. The Hall–Kier alpha value is -2.80. The molecule has 1 aromatic carbocycles. The van der Waals surface area contributed by atoms with E-state index in [-0.39, 0.29) is 35.3 Å². The summed E-state index contributed by atoms with van der Waals surface area (Å²) in [7, 11) is 1.44. The molecule has 2 aliphatic rings. The van der Waals surface area contributed by atoms with Crippen molar-refractivity contribution in [3.05, 3.63) is 57.5 Å². The molecule has 1 saturated carbocycles. The lowest BCUT2D eigenvalue weighted by molar-refractivity contribution is -0.130. The van der Waals surface area contributed by atoms with Gasteiger partial charge in [0.25, 0.3) is 5.91 Å². The minimum Gasteiger partial charge on any atom is -0.504 e. The number of para-hydroxylation sites is 1. The van der Waals surface area contributed by atoms with Crippen molar-refractivity contribution in [3.63, 3.8) is 0 Å². The summed E-state index contributed by atoms with van der Waals surface area (Å²) in [6.45, 7) is 0.239. The number of hydrogen-bond donors (Lipinski definition) is 2. The molecule has 1 amide bonds. The van der Waals surface area contributed by atoms with Gasteiger partial charge in [-0.25, -0.2) is 0 Å². The number of ether oxygens (including phenoxy) is 1. The quantitative estimate of drug-likeness (QED) is 0.796. The van der Waals surface area contributed by atoms with E-state index in [4.69, 9.17) is 4.74 Å². The van der Waals surface area contributed by atoms with Gasteiger partial charge in [0, 0.05) is 16.4 Å². The summed E-state index contributed by atoms with van der Waals surface area (Å²) >= 11 is 1.48. The average molecular weight is 385 g/mol. The van der Waals surface area contributed by atoms with Crippen molar-refractivity contribution < 1.29 is 24.5 Å². The molecule has 27 heavy (non-hydrogen) atoms. The third-order valence-electron chi connectivity index (χ3n) is 4.97. The van der Waals surface area contributed by atoms with Crippen LogP contribution in [0.25, 0.3) is 0 Å². The van der Waals surface area contributed by atoms with E-state index < -0.39 is 17.7 Å². The van der Waals surface area contributed by atoms with Gasteiger partial charge < -0.3 is 19.8 Å². The van der Waals surface area contributed by atoms with Crippen LogP contribution in [0.15, 0.2) is 47.0 Å². The van der Waals surface area contributed by atoms with Gasteiger partial charge >= 0.3 is 0 Å². The zero-order chi connectivity index (χ0) is 19.1. The summed E-state index contributed by atoms with van der Waals surface area (Å²) in [5.41, 5.74) is 0.440. The molecule has 2 aromatic rings. The Balaban J connectivity index is 1.82. The highest BCUT2D eigenvalue weighted by Crippen LogP contribution is 2.47. The molecule has 0 bridgehead atoms. The first-order valence-electron chi connectivity index (χ1n) is 8.69. The van der Waals surface area contributed by atoms with Gasteiger partial charge in [0.2, 0.25) is 0 Å². The van der Waals surface area contributed by atoms with Gasteiger partial charge in [0.1, 0.15) is 0 Å². The Kier molecular flexibility index (Phi) is 4.39. The Morgan fingerprint density at radius 3 is 2.67 bits per heavy atom. The molecule has 0 spiro atoms. The van der Waals surface area contributed by atoms with Gasteiger partial charge in [0.05, 0.1) is 25.3 Å². The number of thiophene rings is 1. The Morgan fingerprint density at radius 1 is 1.26 bits per heavy atom. The fraction of sp³-hybridized carbons (Fsp3) is 0.300. The fourth-order valence-electron chi connectivity index (χ4n) is 3.45. The third kappa shape index (κ3) is 2.98. The number of phenols is 1. The lowest BCUT2D eigenvalue weighted by Crippen LogP contribution is -2.30. The molecule has 0 radical (unpaired) electrons. The highest BCUT2D eigenvalue weighted by Gasteiger charge is 2.48. The second-order valence-electron chi connectivity index (χ2n) is 6.71. The Morgan fingerprint density at radius 2 is 2.04 bits per heavy atom. The molecule has 1 aromatic heterocycles. The van der Waals surface area contributed by atoms with Crippen LogP contribution in [0, 0.1) is 5.92 Å². The van der Waals surface area contributed by atoms with E-state index in [0.717, 1.165) is 17.7 Å². The molecular weight excluding hydrogens is 366 g/mol. The van der Waals surface area contributed by atoms with Crippen LogP contribution in [-0.2, 0) is 16.1 Å². The number of phenolic OH excluding ortho intramolecular Hbond substituents is 1. The van der Waals surface area contributed by atoms with Gasteiger partial charge in [-0.15, -0.1) is 11.3 Å². The maximum absolute atomic E-state index is 12.9. The van der Waals surface area contributed by atoms with Crippen molar-refractivity contribution in [3.8, 4) is 11.5 Å². The molecule has 1 aliphatic carbocycles. The first-order chi connectivity index (χ1) is 13.0. The van der Waals surface area contributed by atoms with Gasteiger partial charge in [0.15, 0.2) is 23.0 Å². The van der Waals surface area contributed by atoms with Crippen molar-refractivity contribution in [2.75, 3.05) is 7.11 Å². The molecule has 7 heteroatoms. The van der Waals surface area contributed by atoms with Crippen LogP contribution in [0.2, 0.25) is 0 Å². The lowest BCUT2D eigenvalue weighted by atomic mass is 9.93. The first kappa shape index (κ1) is 17.6. The number of benzene rings is 1. The van der Waals surface area contributed by atoms with Gasteiger partial charge in [-0.3, -0.25) is 9.59 Å². The van der Waals surface area contributed by atoms with Crippen molar-refractivity contribution in [1.82, 2.24) is 4.90 Å². The number of aromatic hydroxyl groups is 1. The summed E-state index contributed by atoms with van der Waals surface area (Å²) in [4.78, 5) is 28.0. The van der Waals surface area contributed by atoms with E-state index in [1.807, 2.05) is 17.5 Å². The summed E-state index contributed by atoms with van der Waals surface area (Å²) in [6.07, 6.45) is 1.51. The number of aliphatic hydroxyl groups excluding tert-OH is 1. The summed E-state index contributed by atoms with van der Waals surface area (Å²) in [6, 6.07) is 7.86. The predicted molar refractivity (Wildman–Crippen MR) is 99.7 cm³/mol.